The van der Waals surface area contributed by atoms with Crippen molar-refractivity contribution < 1.29 is 4.74 Å². The normalized spacial score (nSPS) is 25.7. The Morgan fingerprint density at radius 2 is 2.20 bits per heavy atom. The number of ether oxygens (including phenoxy) is 1. The fourth-order valence-electron chi connectivity index (χ4n) is 3.41. The monoisotopic (exact) mass is 294 g/mol. The van der Waals surface area contributed by atoms with Crippen molar-refractivity contribution in [2.45, 2.75) is 31.9 Å². The third kappa shape index (κ3) is 2.80. The lowest BCUT2D eigenvalue weighted by Crippen LogP contribution is -2.42. The smallest absolute Gasteiger partial charge is 0.0730 e. The average Bonchev–Trinajstić information content (AvgIpc) is 3.17. The summed E-state index contributed by atoms with van der Waals surface area (Å²) in [5.74, 6) is 0.849. The summed E-state index contributed by atoms with van der Waals surface area (Å²) in [7, 11) is 0. The Bertz CT molecular complexity index is 476. The number of benzene rings is 1. The van der Waals surface area contributed by atoms with Gasteiger partial charge >= 0.3 is 0 Å². The third-order valence-corrected chi connectivity index (χ3v) is 4.65. The van der Waals surface area contributed by atoms with Crippen LogP contribution in [0.2, 0.25) is 0 Å². The van der Waals surface area contributed by atoms with Crippen molar-refractivity contribution >= 4 is 18.1 Å². The highest BCUT2D eigenvalue weighted by Gasteiger charge is 2.35. The first-order valence-corrected chi connectivity index (χ1v) is 7.59. The van der Waals surface area contributed by atoms with Crippen LogP contribution in [0.3, 0.4) is 0 Å². The highest BCUT2D eigenvalue weighted by Crippen LogP contribution is 2.36. The van der Waals surface area contributed by atoms with Crippen molar-refractivity contribution in [2.75, 3.05) is 31.6 Å². The van der Waals surface area contributed by atoms with Crippen molar-refractivity contribution in [2.24, 2.45) is 5.92 Å². The number of para-hydroxylation sites is 1. The van der Waals surface area contributed by atoms with E-state index in [9.17, 15) is 0 Å². The number of hydrogen-bond donors (Lipinski definition) is 1. The summed E-state index contributed by atoms with van der Waals surface area (Å²) < 4.78 is 5.91. The minimum atomic E-state index is 0. The molecule has 0 aromatic heterocycles. The van der Waals surface area contributed by atoms with E-state index in [-0.39, 0.29) is 12.4 Å². The molecule has 1 N–H and O–H groups in total. The van der Waals surface area contributed by atoms with E-state index in [1.165, 1.54) is 36.1 Å². The first-order chi connectivity index (χ1) is 9.40. The number of rotatable bonds is 3. The van der Waals surface area contributed by atoms with Gasteiger partial charge in [-0.05, 0) is 36.3 Å². The van der Waals surface area contributed by atoms with Gasteiger partial charge in [0.25, 0.3) is 0 Å². The second kappa shape index (κ2) is 5.92. The Morgan fingerprint density at radius 1 is 1.30 bits per heavy atom. The summed E-state index contributed by atoms with van der Waals surface area (Å²) in [6.45, 7) is 5.27. The predicted molar refractivity (Wildman–Crippen MR) is 83.6 cm³/mol. The van der Waals surface area contributed by atoms with Gasteiger partial charge in [0.05, 0.1) is 12.7 Å². The van der Waals surface area contributed by atoms with Gasteiger partial charge in [0.15, 0.2) is 0 Å². The van der Waals surface area contributed by atoms with Crippen LogP contribution in [0.1, 0.15) is 24.0 Å². The minimum Gasteiger partial charge on any atom is -0.384 e. The molecule has 3 nitrogen and oxygen atoms in total. The van der Waals surface area contributed by atoms with E-state index in [2.05, 4.69) is 28.4 Å². The molecule has 3 aliphatic rings. The maximum Gasteiger partial charge on any atom is 0.0730 e. The second-order valence-corrected chi connectivity index (χ2v) is 6.11. The van der Waals surface area contributed by atoms with Crippen LogP contribution in [0.25, 0.3) is 0 Å². The quantitative estimate of drug-likeness (QED) is 0.928. The van der Waals surface area contributed by atoms with Crippen LogP contribution in [-0.4, -0.2) is 37.2 Å². The summed E-state index contributed by atoms with van der Waals surface area (Å²) in [6, 6.07) is 6.74. The number of halogens is 1. The molecule has 1 aliphatic carbocycles. The van der Waals surface area contributed by atoms with E-state index in [1.807, 2.05) is 0 Å². The lowest BCUT2D eigenvalue weighted by atomic mass is 10.1. The summed E-state index contributed by atoms with van der Waals surface area (Å²) in [5.41, 5.74) is 4.35. The first kappa shape index (κ1) is 14.2. The molecule has 20 heavy (non-hydrogen) atoms. The summed E-state index contributed by atoms with van der Waals surface area (Å²) in [4.78, 5) is 2.57. The van der Waals surface area contributed by atoms with Crippen LogP contribution in [0.15, 0.2) is 18.2 Å². The van der Waals surface area contributed by atoms with Gasteiger partial charge in [-0.3, -0.25) is 4.90 Å². The first-order valence-electron chi connectivity index (χ1n) is 7.59. The summed E-state index contributed by atoms with van der Waals surface area (Å²) in [5, 5.41) is 3.55. The Kier molecular flexibility index (Phi) is 4.20. The fraction of sp³-hybridized carbons (Fsp3) is 0.625. The Balaban J connectivity index is 0.00000121. The van der Waals surface area contributed by atoms with Gasteiger partial charge in [-0.25, -0.2) is 0 Å². The Morgan fingerprint density at radius 3 is 3.05 bits per heavy atom. The van der Waals surface area contributed by atoms with Crippen LogP contribution >= 0.6 is 12.4 Å². The van der Waals surface area contributed by atoms with E-state index in [4.69, 9.17) is 4.74 Å². The van der Waals surface area contributed by atoms with Crippen LogP contribution < -0.4 is 5.32 Å². The molecule has 1 aromatic rings. The number of anilines is 1. The van der Waals surface area contributed by atoms with Crippen molar-refractivity contribution in [1.29, 1.82) is 0 Å². The van der Waals surface area contributed by atoms with Crippen molar-refractivity contribution in [1.82, 2.24) is 4.90 Å². The van der Waals surface area contributed by atoms with Crippen LogP contribution in [-0.2, 0) is 17.7 Å². The lowest BCUT2D eigenvalue weighted by Gasteiger charge is -2.33. The number of nitrogens with one attached hydrogen (secondary N) is 1. The highest BCUT2D eigenvalue weighted by molar-refractivity contribution is 5.85. The lowest BCUT2D eigenvalue weighted by molar-refractivity contribution is -0.0418. The van der Waals surface area contributed by atoms with Gasteiger partial charge in [-0.1, -0.05) is 18.2 Å². The molecule has 110 valence electrons. The molecule has 1 saturated heterocycles. The largest absolute Gasteiger partial charge is 0.384 e. The molecule has 2 fully saturated rings. The third-order valence-electron chi connectivity index (χ3n) is 4.65. The molecule has 0 spiro atoms. The molecule has 1 aromatic carbocycles. The molecule has 0 radical (unpaired) electrons. The van der Waals surface area contributed by atoms with E-state index in [0.29, 0.717) is 6.10 Å². The maximum atomic E-state index is 5.91. The zero-order chi connectivity index (χ0) is 12.7. The molecule has 2 heterocycles. The van der Waals surface area contributed by atoms with E-state index >= 15 is 0 Å². The zero-order valence-electron chi connectivity index (χ0n) is 11.8. The summed E-state index contributed by atoms with van der Waals surface area (Å²) >= 11 is 0. The van der Waals surface area contributed by atoms with Gasteiger partial charge in [0, 0.05) is 31.9 Å². The highest BCUT2D eigenvalue weighted by atomic mass is 35.5. The fourth-order valence-corrected chi connectivity index (χ4v) is 3.41. The minimum absolute atomic E-state index is 0. The van der Waals surface area contributed by atoms with Crippen LogP contribution in [0.5, 0.6) is 0 Å². The number of fused-ring (bicyclic) bond motifs is 1. The van der Waals surface area contributed by atoms with Gasteiger partial charge in [0.2, 0.25) is 0 Å². The standard InChI is InChI=1S/C16H22N2O.ClH/c1-2-13-6-7-17-16(13)14(3-1)10-18-8-9-19-15(11-18)12-4-5-12;/h1-3,12,15,17H,4-11H2;1H. The molecule has 1 atom stereocenters. The molecule has 1 saturated carbocycles. The molecule has 0 bridgehead atoms. The van der Waals surface area contributed by atoms with Gasteiger partial charge in [-0.15, -0.1) is 12.4 Å². The topological polar surface area (TPSA) is 24.5 Å². The van der Waals surface area contributed by atoms with Crippen molar-refractivity contribution in [3.05, 3.63) is 29.3 Å². The number of morpholine rings is 1. The molecule has 0 amide bonds. The molecule has 4 rings (SSSR count). The van der Waals surface area contributed by atoms with E-state index < -0.39 is 0 Å². The van der Waals surface area contributed by atoms with Crippen LogP contribution in [0.4, 0.5) is 5.69 Å². The number of hydrogen-bond acceptors (Lipinski definition) is 3. The van der Waals surface area contributed by atoms with Gasteiger partial charge in [0.1, 0.15) is 0 Å². The molecule has 4 heteroatoms. The van der Waals surface area contributed by atoms with E-state index in [0.717, 1.165) is 38.7 Å². The Labute approximate surface area is 127 Å². The SMILES string of the molecule is Cl.c1cc2c(c(CN3CCOC(C4CC4)C3)c1)NCC2. The van der Waals surface area contributed by atoms with Crippen molar-refractivity contribution in [3.8, 4) is 0 Å². The Hall–Kier alpha value is -0.770. The van der Waals surface area contributed by atoms with Gasteiger partial charge in [-0.2, -0.15) is 0 Å². The molecule has 1 unspecified atom stereocenters. The molecule has 2 aliphatic heterocycles. The summed E-state index contributed by atoms with van der Waals surface area (Å²) in [6.07, 6.45) is 4.43. The van der Waals surface area contributed by atoms with Crippen LogP contribution in [0, 0.1) is 5.92 Å². The number of nitrogens with zero attached hydrogens (tertiary/aromatic N) is 1. The zero-order valence-corrected chi connectivity index (χ0v) is 12.6. The molecular weight excluding hydrogens is 272 g/mol. The average molecular weight is 295 g/mol. The molecular formula is C16H23ClN2O. The maximum absolute atomic E-state index is 5.91. The van der Waals surface area contributed by atoms with Gasteiger partial charge < -0.3 is 10.1 Å². The van der Waals surface area contributed by atoms with Crippen molar-refractivity contribution in [3.63, 3.8) is 0 Å². The second-order valence-electron chi connectivity index (χ2n) is 6.11. The van der Waals surface area contributed by atoms with E-state index in [1.54, 1.807) is 0 Å². The predicted octanol–water partition coefficient (Wildman–Crippen LogP) is 2.69.